The predicted molar refractivity (Wildman–Crippen MR) is 90.0 cm³/mol. The number of benzene rings is 1. The lowest BCUT2D eigenvalue weighted by atomic mass is 10.1. The van der Waals surface area contributed by atoms with Crippen molar-refractivity contribution < 1.29 is 9.32 Å². The Kier molecular flexibility index (Phi) is 3.87. The zero-order chi connectivity index (χ0) is 16.7. The van der Waals surface area contributed by atoms with Gasteiger partial charge in [-0.15, -0.1) is 0 Å². The molecule has 1 heterocycles. The maximum Gasteiger partial charge on any atom is 0.249 e. The van der Waals surface area contributed by atoms with Crippen molar-refractivity contribution in [2.75, 3.05) is 0 Å². The first-order valence-corrected chi connectivity index (χ1v) is 8.90. The number of fused-ring (bicyclic) bond motifs is 1. The molecule has 2 aromatic rings. The molecule has 24 heavy (non-hydrogen) atoms. The molecule has 0 bridgehead atoms. The van der Waals surface area contributed by atoms with Crippen LogP contribution in [0.5, 0.6) is 0 Å². The molecule has 5 heteroatoms. The second-order valence-corrected chi connectivity index (χ2v) is 7.02. The number of rotatable bonds is 5. The Morgan fingerprint density at radius 1 is 1.29 bits per heavy atom. The predicted octanol–water partition coefficient (Wildman–Crippen LogP) is 3.52. The van der Waals surface area contributed by atoms with Crippen LogP contribution in [-0.2, 0) is 11.2 Å². The molecule has 2 fully saturated rings. The molecule has 1 aromatic heterocycles. The molecule has 2 aliphatic rings. The first-order chi connectivity index (χ1) is 11.7. The Bertz CT molecular complexity index is 727. The van der Waals surface area contributed by atoms with E-state index in [1.165, 1.54) is 24.8 Å². The van der Waals surface area contributed by atoms with E-state index in [2.05, 4.69) is 34.5 Å². The van der Waals surface area contributed by atoms with Crippen molar-refractivity contribution in [3.63, 3.8) is 0 Å². The summed E-state index contributed by atoms with van der Waals surface area (Å²) in [7, 11) is 0. The number of aryl methyl sites for hydroxylation is 1. The van der Waals surface area contributed by atoms with Gasteiger partial charge in [0.1, 0.15) is 6.04 Å². The van der Waals surface area contributed by atoms with Gasteiger partial charge in [-0.25, -0.2) is 0 Å². The van der Waals surface area contributed by atoms with E-state index in [1.54, 1.807) is 0 Å². The number of carbonyl (C=O) groups is 1. The van der Waals surface area contributed by atoms with Crippen molar-refractivity contribution in [2.24, 2.45) is 17.8 Å². The SMILES string of the molecule is CCc1ccc(-c2noc([C@@H](C)NC(=O)C3[C@H]4CCC[C@@H]34)n2)cc1. The third-order valence-corrected chi connectivity index (χ3v) is 5.50. The van der Waals surface area contributed by atoms with E-state index in [4.69, 9.17) is 4.52 Å². The lowest BCUT2D eigenvalue weighted by Gasteiger charge is -2.10. The van der Waals surface area contributed by atoms with Crippen LogP contribution in [0.15, 0.2) is 28.8 Å². The molecule has 0 spiro atoms. The van der Waals surface area contributed by atoms with E-state index in [0.29, 0.717) is 23.6 Å². The van der Waals surface area contributed by atoms with Crippen LogP contribution in [0.1, 0.15) is 50.6 Å². The Balaban J connectivity index is 1.41. The van der Waals surface area contributed by atoms with Crippen molar-refractivity contribution in [3.05, 3.63) is 35.7 Å². The summed E-state index contributed by atoms with van der Waals surface area (Å²) >= 11 is 0. The van der Waals surface area contributed by atoms with E-state index in [-0.39, 0.29) is 17.9 Å². The Hall–Kier alpha value is -2.17. The van der Waals surface area contributed by atoms with Crippen molar-refractivity contribution in [2.45, 2.75) is 45.6 Å². The van der Waals surface area contributed by atoms with E-state index in [1.807, 2.05) is 19.1 Å². The molecule has 4 rings (SSSR count). The van der Waals surface area contributed by atoms with Crippen molar-refractivity contribution in [1.82, 2.24) is 15.5 Å². The molecule has 2 aliphatic carbocycles. The first kappa shape index (κ1) is 15.4. The van der Waals surface area contributed by atoms with Crippen molar-refractivity contribution in [3.8, 4) is 11.4 Å². The van der Waals surface area contributed by atoms with Crippen LogP contribution >= 0.6 is 0 Å². The number of aromatic nitrogens is 2. The van der Waals surface area contributed by atoms with Crippen LogP contribution in [0.25, 0.3) is 11.4 Å². The van der Waals surface area contributed by atoms with E-state index in [0.717, 1.165) is 12.0 Å². The molecule has 5 nitrogen and oxygen atoms in total. The zero-order valence-electron chi connectivity index (χ0n) is 14.2. The molecule has 1 aromatic carbocycles. The van der Waals surface area contributed by atoms with Gasteiger partial charge in [-0.05, 0) is 43.6 Å². The average Bonchev–Trinajstić information content (AvgIpc) is 3.00. The third-order valence-electron chi connectivity index (χ3n) is 5.50. The van der Waals surface area contributed by atoms with Crippen molar-refractivity contribution in [1.29, 1.82) is 0 Å². The number of nitrogens with one attached hydrogen (secondary N) is 1. The number of carbonyl (C=O) groups excluding carboxylic acids is 1. The van der Waals surface area contributed by atoms with E-state index >= 15 is 0 Å². The molecule has 2 saturated carbocycles. The molecular weight excluding hydrogens is 302 g/mol. The van der Waals surface area contributed by atoms with Crippen molar-refractivity contribution >= 4 is 5.91 Å². The molecule has 0 radical (unpaired) electrons. The van der Waals surface area contributed by atoms with E-state index < -0.39 is 0 Å². The normalized spacial score (nSPS) is 26.0. The minimum atomic E-state index is -0.255. The molecule has 1 amide bonds. The second-order valence-electron chi connectivity index (χ2n) is 7.02. The summed E-state index contributed by atoms with van der Waals surface area (Å²) in [5.41, 5.74) is 2.20. The third kappa shape index (κ3) is 2.72. The largest absolute Gasteiger partial charge is 0.344 e. The fraction of sp³-hybridized carbons (Fsp3) is 0.526. The molecular formula is C19H23N3O2. The van der Waals surface area contributed by atoms with Crippen LogP contribution in [0.4, 0.5) is 0 Å². The zero-order valence-corrected chi connectivity index (χ0v) is 14.2. The molecule has 1 N–H and O–H groups in total. The summed E-state index contributed by atoms with van der Waals surface area (Å²) < 4.78 is 5.36. The number of hydrogen-bond donors (Lipinski definition) is 1. The van der Waals surface area contributed by atoms with Gasteiger partial charge in [0.2, 0.25) is 17.6 Å². The highest BCUT2D eigenvalue weighted by molar-refractivity contribution is 5.82. The quantitative estimate of drug-likeness (QED) is 0.913. The Morgan fingerprint density at radius 3 is 2.67 bits per heavy atom. The van der Waals surface area contributed by atoms with Gasteiger partial charge >= 0.3 is 0 Å². The van der Waals surface area contributed by atoms with Crippen LogP contribution in [-0.4, -0.2) is 16.0 Å². The van der Waals surface area contributed by atoms with Gasteiger partial charge in [-0.2, -0.15) is 4.98 Å². The van der Waals surface area contributed by atoms with Gasteiger partial charge < -0.3 is 9.84 Å². The lowest BCUT2D eigenvalue weighted by molar-refractivity contribution is -0.123. The minimum absolute atomic E-state index is 0.143. The van der Waals surface area contributed by atoms with Gasteiger partial charge in [0.05, 0.1) is 0 Å². The van der Waals surface area contributed by atoms with Gasteiger partial charge in [0.25, 0.3) is 0 Å². The highest BCUT2D eigenvalue weighted by atomic mass is 16.5. The summed E-state index contributed by atoms with van der Waals surface area (Å²) in [6, 6.07) is 7.89. The minimum Gasteiger partial charge on any atom is -0.344 e. The fourth-order valence-electron chi connectivity index (χ4n) is 4.00. The van der Waals surface area contributed by atoms with Gasteiger partial charge in [0, 0.05) is 11.5 Å². The Labute approximate surface area is 141 Å². The molecule has 4 atom stereocenters. The molecule has 0 aliphatic heterocycles. The summed E-state index contributed by atoms with van der Waals surface area (Å²) in [5, 5.41) is 7.09. The van der Waals surface area contributed by atoms with Gasteiger partial charge in [-0.3, -0.25) is 4.79 Å². The first-order valence-electron chi connectivity index (χ1n) is 8.90. The van der Waals surface area contributed by atoms with Crippen LogP contribution in [0.2, 0.25) is 0 Å². The fourth-order valence-corrected chi connectivity index (χ4v) is 4.00. The summed E-state index contributed by atoms with van der Waals surface area (Å²) in [4.78, 5) is 16.8. The maximum atomic E-state index is 12.3. The average molecular weight is 325 g/mol. The highest BCUT2D eigenvalue weighted by Gasteiger charge is 2.56. The summed E-state index contributed by atoms with van der Waals surface area (Å²) in [6.45, 7) is 4.02. The van der Waals surface area contributed by atoms with Crippen LogP contribution < -0.4 is 5.32 Å². The number of nitrogens with zero attached hydrogens (tertiary/aromatic N) is 2. The van der Waals surface area contributed by atoms with Gasteiger partial charge in [0.15, 0.2) is 0 Å². The second kappa shape index (κ2) is 6.04. The summed E-state index contributed by atoms with van der Waals surface area (Å²) in [6.07, 6.45) is 4.69. The molecule has 1 unspecified atom stereocenters. The maximum absolute atomic E-state index is 12.3. The Morgan fingerprint density at radius 2 is 2.00 bits per heavy atom. The number of amides is 1. The number of hydrogen-bond acceptors (Lipinski definition) is 4. The molecule has 0 saturated heterocycles. The van der Waals surface area contributed by atoms with E-state index in [9.17, 15) is 4.79 Å². The van der Waals surface area contributed by atoms with Crippen LogP contribution in [0, 0.1) is 17.8 Å². The highest BCUT2D eigenvalue weighted by Crippen LogP contribution is 2.57. The summed E-state index contributed by atoms with van der Waals surface area (Å²) in [5.74, 6) is 2.62. The topological polar surface area (TPSA) is 68.0 Å². The van der Waals surface area contributed by atoms with Crippen LogP contribution in [0.3, 0.4) is 0 Å². The standard InChI is InChI=1S/C19H23N3O2/c1-3-12-7-9-13(10-8-12)17-21-19(24-22-17)11(2)20-18(23)16-14-5-4-6-15(14)16/h7-11,14-16H,3-6H2,1-2H3,(H,20,23)/t11-,14-,15+,16?/m1/s1. The monoisotopic (exact) mass is 325 g/mol. The molecule has 126 valence electrons. The van der Waals surface area contributed by atoms with Gasteiger partial charge in [-0.1, -0.05) is 42.8 Å². The lowest BCUT2D eigenvalue weighted by Crippen LogP contribution is -2.29. The smallest absolute Gasteiger partial charge is 0.249 e.